The van der Waals surface area contributed by atoms with Gasteiger partial charge in [-0.1, -0.05) is 55.4 Å². The fourth-order valence-corrected chi connectivity index (χ4v) is 5.74. The first kappa shape index (κ1) is 31.8. The minimum atomic E-state index is -0.627. The van der Waals surface area contributed by atoms with Gasteiger partial charge in [-0.3, -0.25) is 9.59 Å². The Labute approximate surface area is 247 Å². The van der Waals surface area contributed by atoms with Crippen molar-refractivity contribution in [3.05, 3.63) is 57.7 Å². The van der Waals surface area contributed by atoms with Gasteiger partial charge in [-0.05, 0) is 38.3 Å². The molecule has 0 fully saturated rings. The molecule has 3 aromatic rings. The van der Waals surface area contributed by atoms with Gasteiger partial charge in [0, 0.05) is 6.54 Å². The number of carbonyl (C=O) groups is 4. The van der Waals surface area contributed by atoms with Gasteiger partial charge in [-0.2, -0.15) is 0 Å². The van der Waals surface area contributed by atoms with Gasteiger partial charge in [0.05, 0.1) is 37.5 Å². The first-order valence-electron chi connectivity index (χ1n) is 13.4. The molecule has 2 aromatic heterocycles. The molecule has 0 atom stereocenters. The quantitative estimate of drug-likeness (QED) is 0.192. The maximum absolute atomic E-state index is 12.9. The average molecular weight is 602 g/mol. The Balaban J connectivity index is 1.69. The summed E-state index contributed by atoms with van der Waals surface area (Å²) in [5.74, 6) is -1.12. The third kappa shape index (κ3) is 8.89. The predicted octanol–water partition coefficient (Wildman–Crippen LogP) is 4.39. The highest BCUT2D eigenvalue weighted by Gasteiger charge is 2.27. The molecule has 2 amide bonds. The second-order valence-electron chi connectivity index (χ2n) is 8.88. The Kier molecular flexibility index (Phi) is 12.3. The van der Waals surface area contributed by atoms with E-state index in [1.54, 1.807) is 20.8 Å². The van der Waals surface area contributed by atoms with Crippen molar-refractivity contribution in [1.29, 1.82) is 0 Å². The van der Waals surface area contributed by atoms with Crippen molar-refractivity contribution in [2.45, 2.75) is 65.2 Å². The zero-order valence-corrected chi connectivity index (χ0v) is 25.3. The van der Waals surface area contributed by atoms with E-state index in [9.17, 15) is 19.2 Å². The number of unbranched alkanes of at least 4 members (excludes halogenated alkanes) is 1. The number of aromatic nitrogens is 3. The molecule has 0 radical (unpaired) electrons. The van der Waals surface area contributed by atoms with Crippen LogP contribution in [0.4, 0.5) is 5.00 Å². The van der Waals surface area contributed by atoms with Gasteiger partial charge in [0.15, 0.2) is 11.0 Å². The molecular formula is C28H35N5O6S2. The SMILES string of the molecule is CCCCn1c(CNC(=O)Cc2ccccc2)nnc1SCC(=O)Nc1sc(C(=O)OCC)c(C)c1C(=O)OCC. The number of anilines is 1. The van der Waals surface area contributed by atoms with Crippen molar-refractivity contribution in [2.24, 2.45) is 0 Å². The van der Waals surface area contributed by atoms with E-state index in [2.05, 4.69) is 27.8 Å². The number of thioether (sulfide) groups is 1. The van der Waals surface area contributed by atoms with Crippen LogP contribution in [-0.4, -0.2) is 57.5 Å². The smallest absolute Gasteiger partial charge is 0.348 e. The molecule has 2 heterocycles. The first-order valence-corrected chi connectivity index (χ1v) is 15.2. The zero-order valence-electron chi connectivity index (χ0n) is 23.7. The highest BCUT2D eigenvalue weighted by Crippen LogP contribution is 2.34. The lowest BCUT2D eigenvalue weighted by atomic mass is 10.1. The molecule has 0 spiro atoms. The molecule has 13 heteroatoms. The normalized spacial score (nSPS) is 10.7. The molecule has 0 saturated heterocycles. The van der Waals surface area contributed by atoms with Crippen LogP contribution in [0.3, 0.4) is 0 Å². The number of carbonyl (C=O) groups excluding carboxylic acids is 4. The van der Waals surface area contributed by atoms with E-state index >= 15 is 0 Å². The standard InChI is InChI=1S/C28H35N5O6S2/c1-5-8-14-33-20(16-29-21(34)15-19-12-10-9-11-13-19)31-32-28(33)40-17-22(35)30-25-23(26(36)38-6-2)18(4)24(41-25)27(37)39-7-3/h9-13H,5-8,14-17H2,1-4H3,(H,29,34)(H,30,35). The number of hydrogen-bond acceptors (Lipinski definition) is 10. The van der Waals surface area contributed by atoms with Gasteiger partial charge in [-0.25, -0.2) is 9.59 Å². The second-order valence-corrected chi connectivity index (χ2v) is 10.8. The van der Waals surface area contributed by atoms with Gasteiger partial charge >= 0.3 is 11.9 Å². The number of ether oxygens (including phenoxy) is 2. The van der Waals surface area contributed by atoms with Crippen molar-refractivity contribution in [1.82, 2.24) is 20.1 Å². The molecule has 11 nitrogen and oxygen atoms in total. The molecule has 0 saturated carbocycles. The van der Waals surface area contributed by atoms with Crippen LogP contribution in [0.1, 0.15) is 70.6 Å². The van der Waals surface area contributed by atoms with Gasteiger partial charge < -0.3 is 24.7 Å². The third-order valence-electron chi connectivity index (χ3n) is 5.85. The summed E-state index contributed by atoms with van der Waals surface area (Å²) in [7, 11) is 0. The Morgan fingerprint density at radius 1 is 0.976 bits per heavy atom. The summed E-state index contributed by atoms with van der Waals surface area (Å²) in [5.41, 5.74) is 1.45. The summed E-state index contributed by atoms with van der Waals surface area (Å²) in [6.45, 7) is 8.24. The maximum Gasteiger partial charge on any atom is 0.348 e. The van der Waals surface area contributed by atoms with E-state index < -0.39 is 11.9 Å². The van der Waals surface area contributed by atoms with Crippen molar-refractivity contribution in [3.63, 3.8) is 0 Å². The Morgan fingerprint density at radius 2 is 1.68 bits per heavy atom. The van der Waals surface area contributed by atoms with Crippen molar-refractivity contribution < 1.29 is 28.7 Å². The molecule has 3 rings (SSSR count). The van der Waals surface area contributed by atoms with E-state index in [4.69, 9.17) is 9.47 Å². The molecule has 2 N–H and O–H groups in total. The van der Waals surface area contributed by atoms with Crippen LogP contribution < -0.4 is 10.6 Å². The number of nitrogens with one attached hydrogen (secondary N) is 2. The van der Waals surface area contributed by atoms with Gasteiger partial charge in [-0.15, -0.1) is 21.5 Å². The summed E-state index contributed by atoms with van der Waals surface area (Å²) in [6.07, 6.45) is 2.08. The van der Waals surface area contributed by atoms with E-state index in [0.717, 1.165) is 29.7 Å². The van der Waals surface area contributed by atoms with Crippen molar-refractivity contribution in [3.8, 4) is 0 Å². The summed E-state index contributed by atoms with van der Waals surface area (Å²) in [6, 6.07) is 9.47. The number of esters is 2. The molecule has 220 valence electrons. The van der Waals surface area contributed by atoms with Crippen LogP contribution in [0.5, 0.6) is 0 Å². The van der Waals surface area contributed by atoms with Crippen LogP contribution >= 0.6 is 23.1 Å². The fourth-order valence-electron chi connectivity index (χ4n) is 3.85. The van der Waals surface area contributed by atoms with Crippen LogP contribution in [0, 0.1) is 6.92 Å². The molecule has 0 aliphatic heterocycles. The lowest BCUT2D eigenvalue weighted by molar-refractivity contribution is -0.120. The van der Waals surface area contributed by atoms with Crippen LogP contribution in [-0.2, 0) is 38.6 Å². The van der Waals surface area contributed by atoms with Crippen LogP contribution in [0.15, 0.2) is 35.5 Å². The molecule has 41 heavy (non-hydrogen) atoms. The predicted molar refractivity (Wildman–Crippen MR) is 157 cm³/mol. The number of rotatable bonds is 15. The van der Waals surface area contributed by atoms with Crippen LogP contribution in [0.2, 0.25) is 0 Å². The second kappa shape index (κ2) is 15.9. The van der Waals surface area contributed by atoms with E-state index in [0.29, 0.717) is 23.1 Å². The molecule has 1 aromatic carbocycles. The minimum absolute atomic E-state index is 0.0153. The lowest BCUT2D eigenvalue weighted by Crippen LogP contribution is -2.26. The van der Waals surface area contributed by atoms with Gasteiger partial charge in [0.1, 0.15) is 9.88 Å². The minimum Gasteiger partial charge on any atom is -0.462 e. The largest absolute Gasteiger partial charge is 0.462 e. The monoisotopic (exact) mass is 601 g/mol. The van der Waals surface area contributed by atoms with E-state index in [1.165, 1.54) is 11.8 Å². The number of benzene rings is 1. The highest BCUT2D eigenvalue weighted by atomic mass is 32.2. The molecule has 0 aliphatic rings. The average Bonchev–Trinajstić information content (AvgIpc) is 3.49. The van der Waals surface area contributed by atoms with Crippen molar-refractivity contribution in [2.75, 3.05) is 24.3 Å². The first-order chi connectivity index (χ1) is 19.8. The number of hydrogen-bond donors (Lipinski definition) is 2. The molecule has 0 bridgehead atoms. The summed E-state index contributed by atoms with van der Waals surface area (Å²) >= 11 is 2.17. The number of nitrogens with zero attached hydrogens (tertiary/aromatic N) is 3. The lowest BCUT2D eigenvalue weighted by Gasteiger charge is -2.11. The Bertz CT molecular complexity index is 1360. The fraction of sp³-hybridized carbons (Fsp3) is 0.429. The summed E-state index contributed by atoms with van der Waals surface area (Å²) in [5, 5.41) is 14.9. The van der Waals surface area contributed by atoms with Gasteiger partial charge in [0.2, 0.25) is 11.8 Å². The molecule has 0 unspecified atom stereocenters. The third-order valence-corrected chi connectivity index (χ3v) is 8.01. The van der Waals surface area contributed by atoms with E-state index in [1.807, 2.05) is 34.9 Å². The van der Waals surface area contributed by atoms with Crippen molar-refractivity contribution >= 4 is 51.9 Å². The Morgan fingerprint density at radius 3 is 2.37 bits per heavy atom. The Hall–Kier alpha value is -3.71. The topological polar surface area (TPSA) is 142 Å². The van der Waals surface area contributed by atoms with Gasteiger partial charge in [0.25, 0.3) is 0 Å². The molecular weight excluding hydrogens is 566 g/mol. The van der Waals surface area contributed by atoms with Crippen LogP contribution in [0.25, 0.3) is 0 Å². The number of thiophene rings is 1. The summed E-state index contributed by atoms with van der Waals surface area (Å²) in [4.78, 5) is 50.6. The maximum atomic E-state index is 12.9. The molecule has 0 aliphatic carbocycles. The van der Waals surface area contributed by atoms with E-state index in [-0.39, 0.29) is 59.2 Å². The zero-order chi connectivity index (χ0) is 29.8. The highest BCUT2D eigenvalue weighted by molar-refractivity contribution is 7.99. The summed E-state index contributed by atoms with van der Waals surface area (Å²) < 4.78 is 12.2. The number of amides is 2.